The van der Waals surface area contributed by atoms with Crippen molar-refractivity contribution in [1.82, 2.24) is 5.16 Å². The van der Waals surface area contributed by atoms with Crippen LogP contribution in [0, 0.1) is 0 Å². The largest absolute Gasteiger partial charge is 0.364 e. The van der Waals surface area contributed by atoms with E-state index in [0.29, 0.717) is 0 Å². The lowest BCUT2D eigenvalue weighted by Crippen LogP contribution is -2.06. The van der Waals surface area contributed by atoms with E-state index in [1.165, 1.54) is 12.3 Å². The molecule has 1 aromatic carbocycles. The third-order valence-electron chi connectivity index (χ3n) is 2.07. The number of aromatic nitrogens is 1. The van der Waals surface area contributed by atoms with Crippen LogP contribution in [-0.2, 0) is 4.79 Å². The van der Waals surface area contributed by atoms with Gasteiger partial charge in [0.05, 0.1) is 0 Å². The molecule has 0 aliphatic heterocycles. The van der Waals surface area contributed by atoms with E-state index in [9.17, 15) is 4.79 Å². The van der Waals surface area contributed by atoms with Crippen LogP contribution in [0.15, 0.2) is 53.8 Å². The summed E-state index contributed by atoms with van der Waals surface area (Å²) in [5.41, 5.74) is 2.42. The van der Waals surface area contributed by atoms with Crippen molar-refractivity contribution in [3.63, 3.8) is 0 Å². The number of benzene rings is 1. The molecule has 2 aromatic rings. The molecule has 0 aliphatic rings. The Kier molecular flexibility index (Phi) is 2.82. The normalized spacial score (nSPS) is 9.75. The second-order valence-electron chi connectivity index (χ2n) is 3.16. The van der Waals surface area contributed by atoms with Crippen LogP contribution in [0.25, 0.3) is 11.3 Å². The van der Waals surface area contributed by atoms with E-state index in [4.69, 9.17) is 4.52 Å². The van der Waals surface area contributed by atoms with Gasteiger partial charge in [-0.3, -0.25) is 4.79 Å². The predicted molar refractivity (Wildman–Crippen MR) is 60.8 cm³/mol. The summed E-state index contributed by atoms with van der Waals surface area (Å²) in [4.78, 5) is 11.0. The predicted octanol–water partition coefficient (Wildman–Crippen LogP) is 2.47. The SMILES string of the molecule is C=CC(=O)Nc1ccc(-c2ccon2)cc1. The van der Waals surface area contributed by atoms with Crippen LogP contribution in [0.4, 0.5) is 5.69 Å². The maximum Gasteiger partial charge on any atom is 0.247 e. The Balaban J connectivity index is 2.17. The quantitative estimate of drug-likeness (QED) is 0.798. The fraction of sp³-hybridized carbons (Fsp3) is 0. The fourth-order valence-corrected chi connectivity index (χ4v) is 1.28. The molecule has 1 N–H and O–H groups in total. The highest BCUT2D eigenvalue weighted by Gasteiger charge is 2.01. The van der Waals surface area contributed by atoms with Crippen molar-refractivity contribution in [2.75, 3.05) is 5.32 Å². The summed E-state index contributed by atoms with van der Waals surface area (Å²) in [5, 5.41) is 6.48. The Morgan fingerprint density at radius 2 is 2.06 bits per heavy atom. The Hall–Kier alpha value is -2.36. The number of amides is 1. The molecule has 0 saturated carbocycles. The number of rotatable bonds is 3. The standard InChI is InChI=1S/C12H10N2O2/c1-2-12(15)13-10-5-3-9(4-6-10)11-7-8-16-14-11/h2-8H,1H2,(H,13,15). The van der Waals surface area contributed by atoms with Gasteiger partial charge in [-0.05, 0) is 18.2 Å². The summed E-state index contributed by atoms with van der Waals surface area (Å²) in [6.07, 6.45) is 2.74. The zero-order valence-corrected chi connectivity index (χ0v) is 8.51. The van der Waals surface area contributed by atoms with Crippen LogP contribution >= 0.6 is 0 Å². The first-order valence-corrected chi connectivity index (χ1v) is 4.74. The lowest BCUT2D eigenvalue weighted by Gasteiger charge is -2.02. The third kappa shape index (κ3) is 2.17. The van der Waals surface area contributed by atoms with Gasteiger partial charge in [0.25, 0.3) is 0 Å². The number of hydrogen-bond donors (Lipinski definition) is 1. The molecule has 1 heterocycles. The molecule has 0 fully saturated rings. The maximum absolute atomic E-state index is 11.0. The average molecular weight is 214 g/mol. The van der Waals surface area contributed by atoms with Crippen LogP contribution in [0.2, 0.25) is 0 Å². The number of nitrogens with zero attached hydrogens (tertiary/aromatic N) is 1. The van der Waals surface area contributed by atoms with Gasteiger partial charge >= 0.3 is 0 Å². The zero-order chi connectivity index (χ0) is 11.4. The van der Waals surface area contributed by atoms with E-state index in [2.05, 4.69) is 17.1 Å². The molecule has 1 aromatic heterocycles. The molecule has 4 nitrogen and oxygen atoms in total. The Labute approximate surface area is 92.6 Å². The smallest absolute Gasteiger partial charge is 0.247 e. The number of anilines is 1. The van der Waals surface area contributed by atoms with E-state index in [1.54, 1.807) is 18.2 Å². The molecular weight excluding hydrogens is 204 g/mol. The number of nitrogens with one attached hydrogen (secondary N) is 1. The highest BCUT2D eigenvalue weighted by atomic mass is 16.5. The molecule has 16 heavy (non-hydrogen) atoms. The lowest BCUT2D eigenvalue weighted by atomic mass is 10.1. The van der Waals surface area contributed by atoms with E-state index in [-0.39, 0.29) is 5.91 Å². The van der Waals surface area contributed by atoms with Gasteiger partial charge in [0.2, 0.25) is 5.91 Å². The van der Waals surface area contributed by atoms with Gasteiger partial charge in [0.15, 0.2) is 0 Å². The molecule has 0 saturated heterocycles. The first-order chi connectivity index (χ1) is 7.79. The second-order valence-corrected chi connectivity index (χ2v) is 3.16. The van der Waals surface area contributed by atoms with Crippen molar-refractivity contribution in [3.05, 3.63) is 49.2 Å². The van der Waals surface area contributed by atoms with Gasteiger partial charge in [0, 0.05) is 17.3 Å². The minimum atomic E-state index is -0.228. The molecular formula is C12H10N2O2. The topological polar surface area (TPSA) is 55.1 Å². The van der Waals surface area contributed by atoms with Crippen molar-refractivity contribution in [2.45, 2.75) is 0 Å². The van der Waals surface area contributed by atoms with Gasteiger partial charge in [-0.15, -0.1) is 0 Å². The van der Waals surface area contributed by atoms with Crippen molar-refractivity contribution in [3.8, 4) is 11.3 Å². The Morgan fingerprint density at radius 3 is 2.62 bits per heavy atom. The second kappa shape index (κ2) is 4.44. The first kappa shape index (κ1) is 10.2. The maximum atomic E-state index is 11.0. The molecule has 0 bridgehead atoms. The van der Waals surface area contributed by atoms with Gasteiger partial charge in [0.1, 0.15) is 12.0 Å². The van der Waals surface area contributed by atoms with Crippen molar-refractivity contribution in [1.29, 1.82) is 0 Å². The van der Waals surface area contributed by atoms with Crippen molar-refractivity contribution in [2.24, 2.45) is 0 Å². The Bertz CT molecular complexity index is 486. The number of hydrogen-bond acceptors (Lipinski definition) is 3. The molecule has 4 heteroatoms. The third-order valence-corrected chi connectivity index (χ3v) is 2.07. The molecule has 80 valence electrons. The van der Waals surface area contributed by atoms with E-state index in [0.717, 1.165) is 16.9 Å². The molecule has 0 unspecified atom stereocenters. The van der Waals surface area contributed by atoms with Gasteiger partial charge in [-0.25, -0.2) is 0 Å². The fourth-order valence-electron chi connectivity index (χ4n) is 1.28. The summed E-state index contributed by atoms with van der Waals surface area (Å²) >= 11 is 0. The summed E-state index contributed by atoms with van der Waals surface area (Å²) in [7, 11) is 0. The van der Waals surface area contributed by atoms with Crippen molar-refractivity contribution >= 4 is 11.6 Å². The summed E-state index contributed by atoms with van der Waals surface area (Å²) < 4.78 is 4.75. The van der Waals surface area contributed by atoms with Gasteiger partial charge < -0.3 is 9.84 Å². The first-order valence-electron chi connectivity index (χ1n) is 4.74. The van der Waals surface area contributed by atoms with Crippen LogP contribution in [0.3, 0.4) is 0 Å². The summed E-state index contributed by atoms with van der Waals surface area (Å²) in [6, 6.07) is 9.08. The van der Waals surface area contributed by atoms with Crippen LogP contribution in [0.5, 0.6) is 0 Å². The molecule has 0 radical (unpaired) electrons. The van der Waals surface area contributed by atoms with Crippen LogP contribution < -0.4 is 5.32 Å². The number of carbonyl (C=O) groups excluding carboxylic acids is 1. The highest BCUT2D eigenvalue weighted by molar-refractivity contribution is 5.98. The molecule has 1 amide bonds. The zero-order valence-electron chi connectivity index (χ0n) is 8.51. The minimum absolute atomic E-state index is 0.228. The molecule has 0 spiro atoms. The molecule has 0 aliphatic carbocycles. The number of carbonyl (C=O) groups is 1. The minimum Gasteiger partial charge on any atom is -0.364 e. The van der Waals surface area contributed by atoms with Crippen molar-refractivity contribution < 1.29 is 9.32 Å². The molecule has 2 rings (SSSR count). The van der Waals surface area contributed by atoms with E-state index < -0.39 is 0 Å². The van der Waals surface area contributed by atoms with Gasteiger partial charge in [-0.1, -0.05) is 23.9 Å². The Morgan fingerprint density at radius 1 is 1.31 bits per heavy atom. The van der Waals surface area contributed by atoms with Crippen LogP contribution in [-0.4, -0.2) is 11.1 Å². The van der Waals surface area contributed by atoms with Gasteiger partial charge in [-0.2, -0.15) is 0 Å². The highest BCUT2D eigenvalue weighted by Crippen LogP contribution is 2.19. The van der Waals surface area contributed by atoms with Crippen LogP contribution in [0.1, 0.15) is 0 Å². The van der Waals surface area contributed by atoms with E-state index in [1.807, 2.05) is 12.1 Å². The molecule has 0 atom stereocenters. The monoisotopic (exact) mass is 214 g/mol. The lowest BCUT2D eigenvalue weighted by molar-refractivity contribution is -0.111. The average Bonchev–Trinajstić information content (AvgIpc) is 2.83. The summed E-state index contributed by atoms with van der Waals surface area (Å²) in [5.74, 6) is -0.228. The summed E-state index contributed by atoms with van der Waals surface area (Å²) in [6.45, 7) is 3.38. The van der Waals surface area contributed by atoms with E-state index >= 15 is 0 Å².